The van der Waals surface area contributed by atoms with Crippen molar-refractivity contribution < 1.29 is 13.5 Å². The van der Waals surface area contributed by atoms with Crippen molar-refractivity contribution in [3.8, 4) is 11.1 Å². The van der Waals surface area contributed by atoms with Gasteiger partial charge in [0.25, 0.3) is 0 Å². The maximum absolute atomic E-state index is 12.9. The summed E-state index contributed by atoms with van der Waals surface area (Å²) in [6.45, 7) is 1.14. The molecule has 1 aliphatic carbocycles. The van der Waals surface area contributed by atoms with E-state index in [4.69, 9.17) is 4.74 Å². The van der Waals surface area contributed by atoms with Crippen LogP contribution in [0.5, 0.6) is 0 Å². The molecule has 0 aromatic carbocycles. The van der Waals surface area contributed by atoms with Crippen molar-refractivity contribution in [2.24, 2.45) is 0 Å². The van der Waals surface area contributed by atoms with Crippen molar-refractivity contribution in [3.05, 3.63) is 36.4 Å². The number of ether oxygens (including phenoxy) is 1. The van der Waals surface area contributed by atoms with E-state index in [1.165, 1.54) is 30.8 Å². The van der Waals surface area contributed by atoms with E-state index in [1.807, 2.05) is 12.4 Å². The topological polar surface area (TPSA) is 59.0 Å². The monoisotopic (exact) mass is 401 g/mol. The lowest BCUT2D eigenvalue weighted by atomic mass is 9.81. The van der Waals surface area contributed by atoms with Crippen molar-refractivity contribution in [2.45, 2.75) is 44.2 Å². The van der Waals surface area contributed by atoms with Crippen LogP contribution in [0.3, 0.4) is 0 Å². The van der Waals surface area contributed by atoms with E-state index in [0.717, 1.165) is 55.7 Å². The third kappa shape index (κ3) is 3.67. The average molecular weight is 401 g/mol. The number of hydrogen-bond acceptors (Lipinski definition) is 4. The molecule has 1 saturated heterocycles. The molecule has 6 nitrogen and oxygen atoms in total. The van der Waals surface area contributed by atoms with E-state index in [2.05, 4.69) is 26.0 Å². The van der Waals surface area contributed by atoms with Crippen LogP contribution in [-0.4, -0.2) is 57.0 Å². The molecular weight excluding hydrogens is 376 g/mol. The molecule has 1 N–H and O–H groups in total. The van der Waals surface area contributed by atoms with Crippen LogP contribution in [0.15, 0.2) is 30.9 Å². The number of morpholine rings is 1. The fourth-order valence-corrected chi connectivity index (χ4v) is 4.78. The lowest BCUT2D eigenvalue weighted by Crippen LogP contribution is -2.44. The molecule has 1 saturated carbocycles. The fourth-order valence-electron chi connectivity index (χ4n) is 4.78. The summed E-state index contributed by atoms with van der Waals surface area (Å²) in [7, 11) is 0. The summed E-state index contributed by atoms with van der Waals surface area (Å²) in [5, 5.41) is 4.73. The Labute approximate surface area is 167 Å². The molecule has 1 aliphatic heterocycles. The molecule has 2 fully saturated rings. The summed E-state index contributed by atoms with van der Waals surface area (Å²) >= 11 is 0. The van der Waals surface area contributed by atoms with Gasteiger partial charge < -0.3 is 9.72 Å². The number of aromatic amines is 1. The second-order valence-corrected chi connectivity index (χ2v) is 8.01. The van der Waals surface area contributed by atoms with Gasteiger partial charge in [0, 0.05) is 54.2 Å². The minimum atomic E-state index is -2.63. The maximum atomic E-state index is 12.9. The zero-order chi connectivity index (χ0) is 19.8. The molecule has 154 valence electrons. The van der Waals surface area contributed by atoms with Crippen LogP contribution >= 0.6 is 0 Å². The van der Waals surface area contributed by atoms with E-state index in [-0.39, 0.29) is 0 Å². The van der Waals surface area contributed by atoms with Gasteiger partial charge in [0.1, 0.15) is 5.65 Å². The molecular formula is C21H25F2N5O. The number of fused-ring (bicyclic) bond motifs is 1. The molecule has 4 heterocycles. The maximum Gasteiger partial charge on any atom is 0.333 e. The summed E-state index contributed by atoms with van der Waals surface area (Å²) in [5.74, 6) is 0.496. The Balaban J connectivity index is 1.34. The summed E-state index contributed by atoms with van der Waals surface area (Å²) < 4.78 is 31.9. The molecule has 5 rings (SSSR count). The first-order chi connectivity index (χ1) is 14.2. The standard InChI is InChI=1S/C21H25F2N5O/c22-21(23)28-13-16(11-26-28)19-12-25-20-18(19)9-15(10-24-20)14-1-3-17(4-2-14)27-5-7-29-8-6-27/h9-14,17,21H,1-8H2,(H,24,25). The summed E-state index contributed by atoms with van der Waals surface area (Å²) in [6.07, 6.45) is 11.3. The molecule has 0 atom stereocenters. The Bertz CT molecular complexity index is 971. The largest absolute Gasteiger partial charge is 0.379 e. The first kappa shape index (κ1) is 18.7. The highest BCUT2D eigenvalue weighted by molar-refractivity contribution is 5.93. The van der Waals surface area contributed by atoms with Crippen molar-refractivity contribution in [3.63, 3.8) is 0 Å². The number of hydrogen-bond donors (Lipinski definition) is 1. The van der Waals surface area contributed by atoms with E-state index in [1.54, 1.807) is 0 Å². The van der Waals surface area contributed by atoms with Crippen molar-refractivity contribution >= 4 is 11.0 Å². The highest BCUT2D eigenvalue weighted by Gasteiger charge is 2.28. The molecule has 2 aliphatic rings. The summed E-state index contributed by atoms with van der Waals surface area (Å²) in [4.78, 5) is 10.3. The molecule has 0 spiro atoms. The lowest BCUT2D eigenvalue weighted by Gasteiger charge is -2.38. The molecule has 0 bridgehead atoms. The molecule has 3 aromatic heterocycles. The van der Waals surface area contributed by atoms with Crippen LogP contribution in [-0.2, 0) is 4.74 Å². The molecule has 0 unspecified atom stereocenters. The van der Waals surface area contributed by atoms with Gasteiger partial charge in [-0.15, -0.1) is 0 Å². The van der Waals surface area contributed by atoms with Gasteiger partial charge in [0.05, 0.1) is 19.4 Å². The van der Waals surface area contributed by atoms with E-state index >= 15 is 0 Å². The third-order valence-electron chi connectivity index (χ3n) is 6.39. The van der Waals surface area contributed by atoms with Crippen LogP contribution in [0.2, 0.25) is 0 Å². The molecule has 8 heteroatoms. The van der Waals surface area contributed by atoms with Gasteiger partial charge in [0.2, 0.25) is 0 Å². The van der Waals surface area contributed by atoms with Gasteiger partial charge in [-0.05, 0) is 43.2 Å². The number of rotatable bonds is 4. The first-order valence-electron chi connectivity index (χ1n) is 10.3. The van der Waals surface area contributed by atoms with E-state index < -0.39 is 6.55 Å². The summed E-state index contributed by atoms with van der Waals surface area (Å²) in [5.41, 5.74) is 3.55. The smallest absolute Gasteiger partial charge is 0.333 e. The molecule has 0 amide bonds. The lowest BCUT2D eigenvalue weighted by molar-refractivity contribution is 0.00729. The van der Waals surface area contributed by atoms with Crippen LogP contribution in [0.25, 0.3) is 22.2 Å². The van der Waals surface area contributed by atoms with Gasteiger partial charge in [-0.2, -0.15) is 13.9 Å². The van der Waals surface area contributed by atoms with Crippen LogP contribution < -0.4 is 0 Å². The normalized spacial score (nSPS) is 23.8. The van der Waals surface area contributed by atoms with Crippen molar-refractivity contribution in [1.29, 1.82) is 0 Å². The molecule has 29 heavy (non-hydrogen) atoms. The Morgan fingerprint density at radius 3 is 2.62 bits per heavy atom. The number of pyridine rings is 1. The summed E-state index contributed by atoms with van der Waals surface area (Å²) in [6, 6.07) is 2.84. The van der Waals surface area contributed by atoms with E-state index in [9.17, 15) is 8.78 Å². The number of H-pyrrole nitrogens is 1. The zero-order valence-electron chi connectivity index (χ0n) is 16.2. The second kappa shape index (κ2) is 7.84. The Morgan fingerprint density at radius 2 is 1.90 bits per heavy atom. The average Bonchev–Trinajstić information content (AvgIpc) is 3.41. The number of nitrogens with zero attached hydrogens (tertiary/aromatic N) is 4. The van der Waals surface area contributed by atoms with Gasteiger partial charge in [0.15, 0.2) is 0 Å². The third-order valence-corrected chi connectivity index (χ3v) is 6.39. The zero-order valence-corrected chi connectivity index (χ0v) is 16.2. The van der Waals surface area contributed by atoms with Gasteiger partial charge in [-0.1, -0.05) is 0 Å². The first-order valence-corrected chi connectivity index (χ1v) is 10.3. The van der Waals surface area contributed by atoms with Gasteiger partial charge in [-0.25, -0.2) is 9.67 Å². The quantitative estimate of drug-likeness (QED) is 0.713. The SMILES string of the molecule is FC(F)n1cc(-c2c[nH]c3ncc(C4CCC(N5CCOCC5)CC4)cc23)cn1. The minimum absolute atomic E-state index is 0.496. The molecule has 0 radical (unpaired) electrons. The number of aromatic nitrogens is 4. The van der Waals surface area contributed by atoms with Crippen LogP contribution in [0.4, 0.5) is 8.78 Å². The van der Waals surface area contributed by atoms with Crippen molar-refractivity contribution in [2.75, 3.05) is 26.3 Å². The van der Waals surface area contributed by atoms with Crippen LogP contribution in [0.1, 0.15) is 43.7 Å². The van der Waals surface area contributed by atoms with E-state index in [0.29, 0.717) is 22.2 Å². The number of nitrogens with one attached hydrogen (secondary N) is 1. The van der Waals surface area contributed by atoms with Crippen molar-refractivity contribution in [1.82, 2.24) is 24.6 Å². The number of alkyl halides is 2. The second-order valence-electron chi connectivity index (χ2n) is 8.01. The Kier molecular flexibility index (Phi) is 5.05. The highest BCUT2D eigenvalue weighted by atomic mass is 19.3. The van der Waals surface area contributed by atoms with Crippen LogP contribution in [0, 0.1) is 0 Å². The van der Waals surface area contributed by atoms with Gasteiger partial charge >= 0.3 is 6.55 Å². The Hall–Kier alpha value is -2.32. The minimum Gasteiger partial charge on any atom is -0.379 e. The van der Waals surface area contributed by atoms with Gasteiger partial charge in [-0.3, -0.25) is 4.90 Å². The molecule has 3 aromatic rings. The predicted molar refractivity (Wildman–Crippen MR) is 106 cm³/mol. The highest BCUT2D eigenvalue weighted by Crippen LogP contribution is 2.37. The fraction of sp³-hybridized carbons (Fsp3) is 0.524. The predicted octanol–water partition coefficient (Wildman–Crippen LogP) is 4.18. The number of halogens is 2. The Morgan fingerprint density at radius 1 is 1.10 bits per heavy atom.